The van der Waals surface area contributed by atoms with E-state index in [1.54, 1.807) is 19.9 Å². The van der Waals surface area contributed by atoms with Crippen LogP contribution in [0.3, 0.4) is 0 Å². The quantitative estimate of drug-likeness (QED) is 0.162. The number of hydrogen-bond donors (Lipinski definition) is 6. The van der Waals surface area contributed by atoms with Crippen LogP contribution in [0.4, 0.5) is 0 Å². The zero-order valence-electron chi connectivity index (χ0n) is 32.9. The minimum atomic E-state index is -1.01. The topological polar surface area (TPSA) is 203 Å². The molecular formula is C41H64O14. The second kappa shape index (κ2) is 15.1. The summed E-state index contributed by atoms with van der Waals surface area (Å²) >= 11 is 0. The molecule has 4 saturated carbocycles. The number of aliphatic hydroxyl groups is 6. The zero-order valence-corrected chi connectivity index (χ0v) is 32.9. The molecule has 0 aromatic rings. The van der Waals surface area contributed by atoms with Crippen molar-refractivity contribution >= 4 is 5.97 Å². The molecule has 8 rings (SSSR count). The van der Waals surface area contributed by atoms with Crippen LogP contribution in [0.5, 0.6) is 0 Å². The van der Waals surface area contributed by atoms with Crippen LogP contribution in [0.25, 0.3) is 0 Å². The summed E-state index contributed by atoms with van der Waals surface area (Å²) in [6.45, 7) is 9.90. The van der Waals surface area contributed by atoms with Crippen LogP contribution in [0.1, 0.15) is 105 Å². The van der Waals surface area contributed by atoms with Crippen LogP contribution in [0.15, 0.2) is 11.6 Å². The zero-order chi connectivity index (χ0) is 39.2. The van der Waals surface area contributed by atoms with Gasteiger partial charge in [0.05, 0.1) is 54.4 Å². The molecule has 312 valence electrons. The van der Waals surface area contributed by atoms with Crippen molar-refractivity contribution in [1.82, 2.24) is 0 Å². The van der Waals surface area contributed by atoms with Gasteiger partial charge in [-0.2, -0.15) is 0 Å². The summed E-state index contributed by atoms with van der Waals surface area (Å²) in [5, 5.41) is 66.9. The summed E-state index contributed by atoms with van der Waals surface area (Å²) in [4.78, 5) is 11.9. The molecule has 0 amide bonds. The van der Waals surface area contributed by atoms with Crippen molar-refractivity contribution in [2.45, 2.75) is 197 Å². The first-order valence-electron chi connectivity index (χ1n) is 20.9. The molecule has 0 bridgehead atoms. The molecule has 0 aromatic heterocycles. The van der Waals surface area contributed by atoms with Gasteiger partial charge in [-0.1, -0.05) is 13.8 Å². The first kappa shape index (κ1) is 40.5. The predicted molar refractivity (Wildman–Crippen MR) is 193 cm³/mol. The number of cyclic esters (lactones) is 1. The molecule has 0 radical (unpaired) electrons. The van der Waals surface area contributed by atoms with E-state index in [-0.39, 0.29) is 61.1 Å². The molecule has 55 heavy (non-hydrogen) atoms. The van der Waals surface area contributed by atoms with E-state index < -0.39 is 90.9 Å². The maximum atomic E-state index is 12.6. The average Bonchev–Trinajstić information content (AvgIpc) is 3.67. The van der Waals surface area contributed by atoms with Crippen LogP contribution in [-0.4, -0.2) is 135 Å². The molecule has 14 heteroatoms. The van der Waals surface area contributed by atoms with Gasteiger partial charge < -0.3 is 63.8 Å². The summed E-state index contributed by atoms with van der Waals surface area (Å²) in [5.41, 5.74) is -0.892. The molecule has 0 spiro atoms. The van der Waals surface area contributed by atoms with E-state index in [2.05, 4.69) is 6.92 Å². The molecule has 8 aliphatic rings. The van der Waals surface area contributed by atoms with E-state index in [1.165, 1.54) is 0 Å². The Bertz CT molecular complexity index is 1410. The summed E-state index contributed by atoms with van der Waals surface area (Å²) in [6, 6.07) is 0. The first-order valence-corrected chi connectivity index (χ1v) is 20.9. The number of fused-ring (bicyclic) bond motifs is 5. The van der Waals surface area contributed by atoms with E-state index in [0.29, 0.717) is 18.8 Å². The third-order valence-corrected chi connectivity index (χ3v) is 16.0. The highest BCUT2D eigenvalue weighted by molar-refractivity contribution is 5.85. The molecule has 14 nitrogen and oxygen atoms in total. The van der Waals surface area contributed by atoms with Crippen molar-refractivity contribution in [1.29, 1.82) is 0 Å². The Morgan fingerprint density at radius 1 is 0.691 bits per heavy atom. The predicted octanol–water partition coefficient (Wildman–Crippen LogP) is 2.22. The fraction of sp³-hybridized carbons (Fsp3) is 0.927. The van der Waals surface area contributed by atoms with Gasteiger partial charge in [0, 0.05) is 30.8 Å². The third kappa shape index (κ3) is 6.95. The SMILES string of the molecule is CC1O[C@@H](O[C@@H]2C(C)O[C@@H](O[C@@H]3C(C)O[C@@H](OC4CCC5(C)[C@H](CC[C@@H]6[C@@H]5CC(O)[C@]5(C)[C@@H](C7=CC(=O)OC7)CC[C@]65O)C4)C[C@H]3O)C[C@H]2O)C[C@@H](O)[C@@H]1O. The van der Waals surface area contributed by atoms with Crippen LogP contribution in [-0.2, 0) is 38.0 Å². The minimum absolute atomic E-state index is 0.0452. The van der Waals surface area contributed by atoms with Gasteiger partial charge in [-0.15, -0.1) is 0 Å². The fourth-order valence-corrected chi connectivity index (χ4v) is 12.8. The van der Waals surface area contributed by atoms with E-state index in [9.17, 15) is 35.4 Å². The lowest BCUT2D eigenvalue weighted by molar-refractivity contribution is -0.336. The van der Waals surface area contributed by atoms with E-state index >= 15 is 0 Å². The summed E-state index contributed by atoms with van der Waals surface area (Å²) in [7, 11) is 0. The third-order valence-electron chi connectivity index (χ3n) is 16.0. The Balaban J connectivity index is 0.837. The van der Waals surface area contributed by atoms with Gasteiger partial charge >= 0.3 is 5.97 Å². The maximum absolute atomic E-state index is 12.6. The van der Waals surface area contributed by atoms with Gasteiger partial charge in [0.2, 0.25) is 0 Å². The smallest absolute Gasteiger partial charge is 0.331 e. The Labute approximate surface area is 323 Å². The second-order valence-corrected chi connectivity index (χ2v) is 18.8. The normalized spacial score (nSPS) is 55.5. The number of carbonyl (C=O) groups excluding carboxylic acids is 1. The summed E-state index contributed by atoms with van der Waals surface area (Å²) in [5.74, 6) is 0.204. The van der Waals surface area contributed by atoms with Crippen LogP contribution in [0.2, 0.25) is 0 Å². The van der Waals surface area contributed by atoms with Gasteiger partial charge in [0.15, 0.2) is 18.9 Å². The Kier molecular flexibility index (Phi) is 11.1. The molecular weight excluding hydrogens is 716 g/mol. The lowest BCUT2D eigenvalue weighted by Crippen LogP contribution is -2.67. The number of hydrogen-bond acceptors (Lipinski definition) is 14. The minimum Gasteiger partial charge on any atom is -0.458 e. The van der Waals surface area contributed by atoms with Crippen molar-refractivity contribution in [3.8, 4) is 0 Å². The second-order valence-electron chi connectivity index (χ2n) is 18.8. The van der Waals surface area contributed by atoms with Gasteiger partial charge in [0.1, 0.15) is 24.9 Å². The molecule has 4 aliphatic heterocycles. The molecule has 6 N–H and O–H groups in total. The largest absolute Gasteiger partial charge is 0.458 e. The highest BCUT2D eigenvalue weighted by Gasteiger charge is 2.71. The van der Waals surface area contributed by atoms with Crippen molar-refractivity contribution in [2.24, 2.45) is 34.5 Å². The fourth-order valence-electron chi connectivity index (χ4n) is 12.8. The van der Waals surface area contributed by atoms with Crippen LogP contribution >= 0.6 is 0 Å². The van der Waals surface area contributed by atoms with Crippen molar-refractivity contribution in [2.75, 3.05) is 6.61 Å². The molecule has 7 fully saturated rings. The van der Waals surface area contributed by atoms with Gasteiger partial charge in [-0.25, -0.2) is 4.79 Å². The van der Waals surface area contributed by atoms with Crippen molar-refractivity contribution in [3.05, 3.63) is 11.6 Å². The first-order chi connectivity index (χ1) is 26.0. The van der Waals surface area contributed by atoms with Crippen molar-refractivity contribution < 1.29 is 68.6 Å². The Morgan fingerprint density at radius 2 is 1.29 bits per heavy atom. The number of rotatable bonds is 7. The van der Waals surface area contributed by atoms with Gasteiger partial charge in [-0.3, -0.25) is 0 Å². The monoisotopic (exact) mass is 780 g/mol. The lowest BCUT2D eigenvalue weighted by Gasteiger charge is -2.65. The molecule has 6 unspecified atom stereocenters. The Hall–Kier alpha value is -1.27. The lowest BCUT2D eigenvalue weighted by atomic mass is 9.42. The highest BCUT2D eigenvalue weighted by atomic mass is 16.7. The number of carbonyl (C=O) groups is 1. The Morgan fingerprint density at radius 3 is 1.87 bits per heavy atom. The molecule has 4 aliphatic carbocycles. The summed E-state index contributed by atoms with van der Waals surface area (Å²) in [6.07, 6.45) is -1.51. The summed E-state index contributed by atoms with van der Waals surface area (Å²) < 4.78 is 42.1. The number of ether oxygens (including phenoxy) is 7. The van der Waals surface area contributed by atoms with E-state index in [1.807, 2.05) is 13.8 Å². The molecule has 4 heterocycles. The molecule has 3 saturated heterocycles. The van der Waals surface area contributed by atoms with Crippen LogP contribution < -0.4 is 0 Å². The molecule has 21 atom stereocenters. The van der Waals surface area contributed by atoms with Gasteiger partial charge in [0.25, 0.3) is 0 Å². The van der Waals surface area contributed by atoms with E-state index in [4.69, 9.17) is 33.2 Å². The standard InChI is InChI=1S/C41H64O14/c1-19-36(47)28(42)15-34(50-19)54-38-21(3)52-35(17-30(38)44)55-37-20(2)51-33(16-29(37)43)53-24-8-10-39(4)23(13-24)6-7-26-27(39)14-31(45)40(5)25(9-11-41(26,40)48)22-12-32(46)49-18-22/h12,19-21,23-31,33-38,42-45,47-48H,6-11,13-18H2,1-5H3/t19?,20?,21?,23-,24?,25-,26-,27+,28-,29-,30-,31?,33+,34+,35+,36-,37-,38-,39?,40+,41+/m1/s1. The van der Waals surface area contributed by atoms with Crippen molar-refractivity contribution in [3.63, 3.8) is 0 Å². The van der Waals surface area contributed by atoms with Gasteiger partial charge in [-0.05, 0) is 107 Å². The maximum Gasteiger partial charge on any atom is 0.331 e. The molecule has 0 aromatic carbocycles. The highest BCUT2D eigenvalue weighted by Crippen LogP contribution is 2.70. The average molecular weight is 781 g/mol. The van der Waals surface area contributed by atoms with Crippen LogP contribution in [0, 0.1) is 34.5 Å². The number of esters is 1. The van der Waals surface area contributed by atoms with E-state index in [0.717, 1.165) is 44.1 Å². The number of aliphatic hydroxyl groups excluding tert-OH is 5.